The van der Waals surface area contributed by atoms with Gasteiger partial charge in [0.1, 0.15) is 5.58 Å². The Kier molecular flexibility index (Phi) is 6.40. The minimum Gasteiger partial charge on any atom is -0.473 e. The topological polar surface area (TPSA) is 68.5 Å². The first-order valence-electron chi connectivity index (χ1n) is 10.5. The lowest BCUT2D eigenvalue weighted by Crippen LogP contribution is -2.34. The van der Waals surface area contributed by atoms with E-state index in [2.05, 4.69) is 5.32 Å². The van der Waals surface area contributed by atoms with E-state index >= 15 is 0 Å². The number of hydrogen-bond donors (Lipinski definition) is 1. The molecule has 0 saturated carbocycles. The van der Waals surface area contributed by atoms with Crippen molar-refractivity contribution in [2.24, 2.45) is 0 Å². The van der Waals surface area contributed by atoms with Gasteiger partial charge in [-0.15, -0.1) is 0 Å². The van der Waals surface area contributed by atoms with Gasteiger partial charge in [-0.2, -0.15) is 13.2 Å². The molecule has 1 heterocycles. The van der Waals surface area contributed by atoms with Gasteiger partial charge >= 0.3 is 6.18 Å². The van der Waals surface area contributed by atoms with Crippen molar-refractivity contribution in [3.63, 3.8) is 0 Å². The van der Waals surface area contributed by atoms with Gasteiger partial charge in [0.05, 0.1) is 10.9 Å². The van der Waals surface area contributed by atoms with Crippen LogP contribution in [0.2, 0.25) is 0 Å². The number of anilines is 1. The second-order valence-electron chi connectivity index (χ2n) is 7.53. The molecule has 0 aliphatic rings. The Morgan fingerprint density at radius 3 is 2.41 bits per heavy atom. The van der Waals surface area contributed by atoms with Crippen LogP contribution in [0.3, 0.4) is 0 Å². The molecule has 3 aromatic carbocycles. The summed E-state index contributed by atoms with van der Waals surface area (Å²) >= 11 is 0. The number of carbonyl (C=O) groups is 1. The number of benzene rings is 3. The zero-order valence-corrected chi connectivity index (χ0v) is 18.1. The maximum Gasteiger partial charge on any atom is 0.416 e. The summed E-state index contributed by atoms with van der Waals surface area (Å²) in [6.07, 6.45) is -5.54. The Hall–Kier alpha value is -4.07. The lowest BCUT2D eigenvalue weighted by molar-refractivity contribution is -0.137. The summed E-state index contributed by atoms with van der Waals surface area (Å²) in [4.78, 5) is 26.1. The zero-order valence-electron chi connectivity index (χ0n) is 18.1. The Morgan fingerprint density at radius 1 is 1.00 bits per heavy atom. The first kappa shape index (κ1) is 23.1. The van der Waals surface area contributed by atoms with Gasteiger partial charge in [0.2, 0.25) is 11.2 Å². The number of halogens is 3. The molecular weight excluding hydrogens is 447 g/mol. The molecule has 1 aromatic heterocycles. The molecule has 4 aromatic rings. The Morgan fingerprint density at radius 2 is 1.71 bits per heavy atom. The van der Waals surface area contributed by atoms with Gasteiger partial charge in [0.15, 0.2) is 11.9 Å². The van der Waals surface area contributed by atoms with Gasteiger partial charge in [0.25, 0.3) is 5.91 Å². The van der Waals surface area contributed by atoms with E-state index in [1.54, 1.807) is 61.5 Å². The summed E-state index contributed by atoms with van der Waals surface area (Å²) < 4.78 is 50.9. The van der Waals surface area contributed by atoms with Crippen molar-refractivity contribution in [3.8, 4) is 17.1 Å². The second kappa shape index (κ2) is 9.43. The Balaban J connectivity index is 1.70. The standard InChI is InChI=1S/C26H20F3NO4/c1-2-20(25(32)30-18-12-8-11-17(15-18)26(27,28)29)33-24-22(31)19-13-6-7-14-21(19)34-23(24)16-9-4-3-5-10-16/h3-15,20H,2H2,1H3,(H,30,32). The van der Waals surface area contributed by atoms with Crippen molar-refractivity contribution in [2.75, 3.05) is 5.32 Å². The van der Waals surface area contributed by atoms with Crippen LogP contribution in [0.1, 0.15) is 18.9 Å². The van der Waals surface area contributed by atoms with Crippen molar-refractivity contribution in [3.05, 3.63) is 94.6 Å². The zero-order chi connectivity index (χ0) is 24.3. The van der Waals surface area contributed by atoms with Crippen LogP contribution >= 0.6 is 0 Å². The SMILES string of the molecule is CCC(Oc1c(-c2ccccc2)oc2ccccc2c1=O)C(=O)Nc1cccc(C(F)(F)F)c1. The summed E-state index contributed by atoms with van der Waals surface area (Å²) in [5.41, 5.74) is -0.434. The molecule has 1 unspecified atom stereocenters. The predicted molar refractivity (Wildman–Crippen MR) is 123 cm³/mol. The summed E-state index contributed by atoms with van der Waals surface area (Å²) in [7, 11) is 0. The number of amides is 1. The van der Waals surface area contributed by atoms with Gasteiger partial charge in [-0.05, 0) is 36.8 Å². The quantitative estimate of drug-likeness (QED) is 0.363. The highest BCUT2D eigenvalue weighted by Crippen LogP contribution is 2.33. The van der Waals surface area contributed by atoms with Crippen LogP contribution in [0.25, 0.3) is 22.3 Å². The molecule has 1 N–H and O–H groups in total. The number of rotatable bonds is 6. The molecule has 0 spiro atoms. The average Bonchev–Trinajstić information content (AvgIpc) is 2.83. The third kappa shape index (κ3) is 4.80. The lowest BCUT2D eigenvalue weighted by Gasteiger charge is -2.19. The molecule has 0 aliphatic carbocycles. The minimum atomic E-state index is -4.55. The maximum atomic E-state index is 13.3. The molecular formula is C26H20F3NO4. The number of hydrogen-bond acceptors (Lipinski definition) is 4. The normalized spacial score (nSPS) is 12.4. The molecule has 8 heteroatoms. The van der Waals surface area contributed by atoms with Crippen molar-refractivity contribution in [1.82, 2.24) is 0 Å². The van der Waals surface area contributed by atoms with Crippen molar-refractivity contribution in [1.29, 1.82) is 0 Å². The number of fused-ring (bicyclic) bond motifs is 1. The van der Waals surface area contributed by atoms with E-state index in [4.69, 9.17) is 9.15 Å². The molecule has 0 radical (unpaired) electrons. The second-order valence-corrected chi connectivity index (χ2v) is 7.53. The summed E-state index contributed by atoms with van der Waals surface area (Å²) in [6.45, 7) is 1.67. The fourth-order valence-electron chi connectivity index (χ4n) is 3.47. The van der Waals surface area contributed by atoms with Gasteiger partial charge in [-0.25, -0.2) is 0 Å². The van der Waals surface area contributed by atoms with Crippen molar-refractivity contribution >= 4 is 22.6 Å². The van der Waals surface area contributed by atoms with Crippen LogP contribution in [0.5, 0.6) is 5.75 Å². The van der Waals surface area contributed by atoms with Crippen LogP contribution in [-0.4, -0.2) is 12.0 Å². The van der Waals surface area contributed by atoms with Crippen LogP contribution in [-0.2, 0) is 11.0 Å². The largest absolute Gasteiger partial charge is 0.473 e. The number of carbonyl (C=O) groups excluding carboxylic acids is 1. The van der Waals surface area contributed by atoms with E-state index in [1.807, 2.05) is 0 Å². The van der Waals surface area contributed by atoms with Gasteiger partial charge in [-0.3, -0.25) is 9.59 Å². The molecule has 0 fully saturated rings. The van der Waals surface area contributed by atoms with Crippen LogP contribution in [0.4, 0.5) is 18.9 Å². The van der Waals surface area contributed by atoms with Gasteiger partial charge in [-0.1, -0.05) is 55.5 Å². The first-order chi connectivity index (χ1) is 16.3. The molecule has 174 valence electrons. The Bertz CT molecular complexity index is 1380. The lowest BCUT2D eigenvalue weighted by atomic mass is 10.1. The van der Waals surface area contributed by atoms with E-state index < -0.39 is 29.2 Å². The summed E-state index contributed by atoms with van der Waals surface area (Å²) in [6, 6.07) is 19.8. The maximum absolute atomic E-state index is 13.3. The fourth-order valence-corrected chi connectivity index (χ4v) is 3.47. The molecule has 1 atom stereocenters. The highest BCUT2D eigenvalue weighted by Gasteiger charge is 2.31. The van der Waals surface area contributed by atoms with E-state index in [0.717, 1.165) is 12.1 Å². The highest BCUT2D eigenvalue weighted by molar-refractivity contribution is 5.94. The molecule has 0 saturated heterocycles. The smallest absolute Gasteiger partial charge is 0.416 e. The third-order valence-corrected chi connectivity index (χ3v) is 5.17. The summed E-state index contributed by atoms with van der Waals surface area (Å²) in [5, 5.41) is 2.73. The first-order valence-corrected chi connectivity index (χ1v) is 10.5. The average molecular weight is 467 g/mol. The fraction of sp³-hybridized carbons (Fsp3) is 0.154. The molecule has 5 nitrogen and oxygen atoms in total. The van der Waals surface area contributed by atoms with Crippen LogP contribution in [0.15, 0.2) is 88.1 Å². The monoisotopic (exact) mass is 467 g/mol. The van der Waals surface area contributed by atoms with E-state index in [9.17, 15) is 22.8 Å². The van der Waals surface area contributed by atoms with E-state index in [-0.39, 0.29) is 29.0 Å². The molecule has 0 aliphatic heterocycles. The molecule has 4 rings (SSSR count). The molecule has 0 bridgehead atoms. The Labute approximate surface area is 192 Å². The van der Waals surface area contributed by atoms with E-state index in [0.29, 0.717) is 11.1 Å². The highest BCUT2D eigenvalue weighted by atomic mass is 19.4. The summed E-state index contributed by atoms with van der Waals surface area (Å²) in [5.74, 6) is -0.668. The number of ether oxygens (including phenoxy) is 1. The van der Waals surface area contributed by atoms with Gasteiger partial charge in [0, 0.05) is 11.3 Å². The van der Waals surface area contributed by atoms with Crippen LogP contribution < -0.4 is 15.5 Å². The van der Waals surface area contributed by atoms with Crippen LogP contribution in [0, 0.1) is 0 Å². The van der Waals surface area contributed by atoms with Gasteiger partial charge < -0.3 is 14.5 Å². The molecule has 34 heavy (non-hydrogen) atoms. The number of nitrogens with one attached hydrogen (secondary N) is 1. The predicted octanol–water partition coefficient (Wildman–Crippen LogP) is 6.27. The molecule has 1 amide bonds. The number of alkyl halides is 3. The third-order valence-electron chi connectivity index (χ3n) is 5.17. The number of para-hydroxylation sites is 1. The van der Waals surface area contributed by atoms with Crippen molar-refractivity contribution in [2.45, 2.75) is 25.6 Å². The minimum absolute atomic E-state index is 0.0318. The van der Waals surface area contributed by atoms with E-state index in [1.165, 1.54) is 12.1 Å². The van der Waals surface area contributed by atoms with Crippen molar-refractivity contribution < 1.29 is 27.1 Å².